The Morgan fingerprint density at radius 2 is 2.18 bits per heavy atom. The molecule has 4 heteroatoms. The molecular weight excluding hydrogens is 223 g/mol. The number of aliphatic hydroxyl groups is 2. The first-order valence-corrected chi connectivity index (χ1v) is 5.90. The second-order valence-corrected chi connectivity index (χ2v) is 4.52. The molecule has 2 rings (SSSR count). The highest BCUT2D eigenvalue weighted by molar-refractivity contribution is 5.30. The summed E-state index contributed by atoms with van der Waals surface area (Å²) in [6, 6.07) is 4.40. The van der Waals surface area contributed by atoms with Crippen LogP contribution in [0.2, 0.25) is 0 Å². The van der Waals surface area contributed by atoms with Crippen LogP contribution in [0.4, 0.5) is 4.39 Å². The van der Waals surface area contributed by atoms with Crippen molar-refractivity contribution in [3.05, 3.63) is 29.6 Å². The van der Waals surface area contributed by atoms with E-state index in [-0.39, 0.29) is 11.9 Å². The lowest BCUT2D eigenvalue weighted by atomic mass is 10.1. The van der Waals surface area contributed by atoms with Gasteiger partial charge in [0.15, 0.2) is 11.6 Å². The molecule has 1 fully saturated rings. The van der Waals surface area contributed by atoms with Crippen LogP contribution in [0.25, 0.3) is 0 Å². The largest absolute Gasteiger partial charge is 0.485 e. The quantitative estimate of drug-likeness (QED) is 0.851. The highest BCUT2D eigenvalue weighted by Gasteiger charge is 2.27. The van der Waals surface area contributed by atoms with Gasteiger partial charge in [0.25, 0.3) is 0 Å². The molecule has 2 unspecified atom stereocenters. The van der Waals surface area contributed by atoms with E-state index in [1.54, 1.807) is 13.0 Å². The van der Waals surface area contributed by atoms with Crippen LogP contribution < -0.4 is 4.74 Å². The van der Waals surface area contributed by atoms with E-state index in [0.29, 0.717) is 12.0 Å². The molecule has 94 valence electrons. The molecule has 1 aliphatic carbocycles. The molecule has 0 heterocycles. The van der Waals surface area contributed by atoms with Gasteiger partial charge in [-0.3, -0.25) is 0 Å². The molecule has 0 amide bonds. The van der Waals surface area contributed by atoms with Gasteiger partial charge >= 0.3 is 0 Å². The third-order valence-electron chi connectivity index (χ3n) is 3.13. The molecule has 2 N–H and O–H groups in total. The Kier molecular flexibility index (Phi) is 3.64. The van der Waals surface area contributed by atoms with E-state index in [2.05, 4.69) is 0 Å². The monoisotopic (exact) mass is 240 g/mol. The molecule has 1 saturated carbocycles. The molecule has 0 radical (unpaired) electrons. The van der Waals surface area contributed by atoms with E-state index in [9.17, 15) is 14.6 Å². The van der Waals surface area contributed by atoms with Gasteiger partial charge in [0, 0.05) is 0 Å². The lowest BCUT2D eigenvalue weighted by Gasteiger charge is -2.18. The fourth-order valence-corrected chi connectivity index (χ4v) is 2.08. The van der Waals surface area contributed by atoms with Crippen molar-refractivity contribution in [3.8, 4) is 5.75 Å². The van der Waals surface area contributed by atoms with Crippen molar-refractivity contribution < 1.29 is 19.3 Å². The molecule has 0 spiro atoms. The Bertz CT molecular complexity index is 392. The topological polar surface area (TPSA) is 49.7 Å². The van der Waals surface area contributed by atoms with Gasteiger partial charge in [0.2, 0.25) is 0 Å². The maximum absolute atomic E-state index is 13.7. The number of benzene rings is 1. The lowest BCUT2D eigenvalue weighted by molar-refractivity contribution is 0.0578. The first kappa shape index (κ1) is 12.3. The molecule has 0 aliphatic heterocycles. The molecule has 3 nitrogen and oxygen atoms in total. The summed E-state index contributed by atoms with van der Waals surface area (Å²) < 4.78 is 19.1. The van der Waals surface area contributed by atoms with E-state index in [0.717, 1.165) is 12.8 Å². The fourth-order valence-electron chi connectivity index (χ4n) is 2.08. The van der Waals surface area contributed by atoms with Gasteiger partial charge in [-0.15, -0.1) is 0 Å². The van der Waals surface area contributed by atoms with Gasteiger partial charge in [0.1, 0.15) is 6.10 Å². The van der Waals surface area contributed by atoms with E-state index in [4.69, 9.17) is 4.74 Å². The van der Waals surface area contributed by atoms with Crippen LogP contribution in [0.1, 0.15) is 37.9 Å². The zero-order chi connectivity index (χ0) is 12.4. The zero-order valence-corrected chi connectivity index (χ0v) is 9.77. The first-order chi connectivity index (χ1) is 8.08. The van der Waals surface area contributed by atoms with Crippen LogP contribution in [0.3, 0.4) is 0 Å². The summed E-state index contributed by atoms with van der Waals surface area (Å²) in [4.78, 5) is 0. The Morgan fingerprint density at radius 1 is 1.41 bits per heavy atom. The smallest absolute Gasteiger partial charge is 0.165 e. The molecule has 3 atom stereocenters. The van der Waals surface area contributed by atoms with Crippen LogP contribution in [0, 0.1) is 5.82 Å². The molecule has 0 aromatic heterocycles. The van der Waals surface area contributed by atoms with Crippen LogP contribution in [0.15, 0.2) is 18.2 Å². The standard InChI is InChI=1S/C13H17FO3/c1-8(15)9-5-6-12(10(14)7-9)17-13-4-2-3-11(13)16/h5-8,11,13,15-16H,2-4H2,1H3/t8-,11?,13?/m0/s1. The summed E-state index contributed by atoms with van der Waals surface area (Å²) in [5.41, 5.74) is 0.516. The van der Waals surface area contributed by atoms with Gasteiger partial charge < -0.3 is 14.9 Å². The number of aliphatic hydroxyl groups excluding tert-OH is 2. The molecule has 1 aromatic carbocycles. The number of rotatable bonds is 3. The predicted octanol–water partition coefficient (Wildman–Crippen LogP) is 2.17. The van der Waals surface area contributed by atoms with Crippen molar-refractivity contribution in [2.24, 2.45) is 0 Å². The average Bonchev–Trinajstić information content (AvgIpc) is 2.67. The molecule has 0 bridgehead atoms. The van der Waals surface area contributed by atoms with E-state index < -0.39 is 18.0 Å². The fraction of sp³-hybridized carbons (Fsp3) is 0.538. The Labute approximate surface area is 99.8 Å². The lowest BCUT2D eigenvalue weighted by Crippen LogP contribution is -2.26. The first-order valence-electron chi connectivity index (χ1n) is 5.90. The number of hydrogen-bond acceptors (Lipinski definition) is 3. The Balaban J connectivity index is 2.11. The number of hydrogen-bond donors (Lipinski definition) is 2. The van der Waals surface area contributed by atoms with Crippen molar-refractivity contribution in [2.45, 2.75) is 44.5 Å². The summed E-state index contributed by atoms with van der Waals surface area (Å²) in [6.07, 6.45) is 0.832. The van der Waals surface area contributed by atoms with E-state index >= 15 is 0 Å². The minimum absolute atomic E-state index is 0.139. The second kappa shape index (κ2) is 5.02. The van der Waals surface area contributed by atoms with E-state index in [1.165, 1.54) is 12.1 Å². The van der Waals surface area contributed by atoms with Gasteiger partial charge in [-0.2, -0.15) is 0 Å². The second-order valence-electron chi connectivity index (χ2n) is 4.52. The van der Waals surface area contributed by atoms with Crippen molar-refractivity contribution in [1.82, 2.24) is 0 Å². The van der Waals surface area contributed by atoms with Crippen molar-refractivity contribution in [1.29, 1.82) is 0 Å². The number of halogens is 1. The van der Waals surface area contributed by atoms with Crippen LogP contribution in [-0.2, 0) is 0 Å². The summed E-state index contributed by atoms with van der Waals surface area (Å²) in [5.74, 6) is -0.358. The summed E-state index contributed by atoms with van der Waals surface area (Å²) in [5, 5.41) is 18.9. The summed E-state index contributed by atoms with van der Waals surface area (Å²) in [7, 11) is 0. The van der Waals surface area contributed by atoms with Crippen LogP contribution in [0.5, 0.6) is 5.75 Å². The maximum atomic E-state index is 13.7. The van der Waals surface area contributed by atoms with E-state index in [1.807, 2.05) is 0 Å². The molecule has 1 aliphatic rings. The molecular formula is C13H17FO3. The minimum Gasteiger partial charge on any atom is -0.485 e. The van der Waals surface area contributed by atoms with Gasteiger partial charge in [-0.05, 0) is 43.9 Å². The van der Waals surface area contributed by atoms with Crippen molar-refractivity contribution in [2.75, 3.05) is 0 Å². The molecule has 0 saturated heterocycles. The van der Waals surface area contributed by atoms with Crippen LogP contribution >= 0.6 is 0 Å². The third kappa shape index (κ3) is 2.76. The predicted molar refractivity (Wildman–Crippen MR) is 61.3 cm³/mol. The maximum Gasteiger partial charge on any atom is 0.165 e. The SMILES string of the molecule is C[C@H](O)c1ccc(OC2CCCC2O)c(F)c1. The zero-order valence-electron chi connectivity index (χ0n) is 9.77. The van der Waals surface area contributed by atoms with Gasteiger partial charge in [-0.25, -0.2) is 4.39 Å². The highest BCUT2D eigenvalue weighted by Crippen LogP contribution is 2.28. The van der Waals surface area contributed by atoms with Crippen molar-refractivity contribution in [3.63, 3.8) is 0 Å². The highest BCUT2D eigenvalue weighted by atomic mass is 19.1. The number of ether oxygens (including phenoxy) is 1. The third-order valence-corrected chi connectivity index (χ3v) is 3.13. The summed E-state index contributed by atoms with van der Waals surface area (Å²) in [6.45, 7) is 1.58. The molecule has 1 aromatic rings. The molecule has 17 heavy (non-hydrogen) atoms. The Hall–Kier alpha value is -1.13. The average molecular weight is 240 g/mol. The van der Waals surface area contributed by atoms with Gasteiger partial charge in [0.05, 0.1) is 12.2 Å². The van der Waals surface area contributed by atoms with Gasteiger partial charge in [-0.1, -0.05) is 6.07 Å². The Morgan fingerprint density at radius 3 is 2.71 bits per heavy atom. The van der Waals surface area contributed by atoms with Crippen LogP contribution in [-0.4, -0.2) is 22.4 Å². The minimum atomic E-state index is -0.698. The summed E-state index contributed by atoms with van der Waals surface area (Å²) >= 11 is 0. The van der Waals surface area contributed by atoms with Crippen molar-refractivity contribution >= 4 is 0 Å². The normalized spacial score (nSPS) is 25.9.